The molecule has 1 aliphatic heterocycles. The van der Waals surface area contributed by atoms with Gasteiger partial charge in [-0.1, -0.05) is 11.6 Å². The van der Waals surface area contributed by atoms with Crippen LogP contribution in [-0.4, -0.2) is 50.6 Å². The predicted octanol–water partition coefficient (Wildman–Crippen LogP) is 2.05. The van der Waals surface area contributed by atoms with E-state index < -0.39 is 0 Å². The second-order valence-electron chi connectivity index (χ2n) is 5.58. The maximum absolute atomic E-state index is 12.4. The number of carbonyl (C=O) groups excluding carboxylic acids is 1. The molecule has 0 unspecified atom stereocenters. The maximum atomic E-state index is 12.4. The molecule has 23 heavy (non-hydrogen) atoms. The zero-order chi connectivity index (χ0) is 16.2. The van der Waals surface area contributed by atoms with Crippen molar-refractivity contribution in [3.63, 3.8) is 0 Å². The van der Waals surface area contributed by atoms with E-state index in [4.69, 9.17) is 11.6 Å². The third-order valence-corrected chi connectivity index (χ3v) is 4.31. The lowest BCUT2D eigenvalue weighted by Gasteiger charge is -2.16. The van der Waals surface area contributed by atoms with Crippen LogP contribution >= 0.6 is 11.6 Å². The highest BCUT2D eigenvalue weighted by Crippen LogP contribution is 2.23. The van der Waals surface area contributed by atoms with E-state index in [9.17, 15) is 4.79 Å². The van der Waals surface area contributed by atoms with Gasteiger partial charge in [0.05, 0.1) is 11.9 Å². The molecule has 0 saturated carbocycles. The second kappa shape index (κ2) is 6.95. The molecule has 3 heterocycles. The lowest BCUT2D eigenvalue weighted by atomic mass is 10.2. The number of aromatic nitrogens is 4. The van der Waals surface area contributed by atoms with Crippen LogP contribution in [0, 0.1) is 6.92 Å². The molecule has 0 aliphatic carbocycles. The topological polar surface area (TPSA) is 86.8 Å². The van der Waals surface area contributed by atoms with Crippen molar-refractivity contribution in [1.29, 1.82) is 0 Å². The van der Waals surface area contributed by atoms with Gasteiger partial charge in [0.25, 0.3) is 5.91 Å². The Labute approximate surface area is 139 Å². The van der Waals surface area contributed by atoms with Crippen molar-refractivity contribution < 1.29 is 4.79 Å². The largest absolute Gasteiger partial charge is 0.368 e. The number of hydrogen-bond donors (Lipinski definition) is 2. The van der Waals surface area contributed by atoms with E-state index >= 15 is 0 Å². The van der Waals surface area contributed by atoms with Gasteiger partial charge in [-0.25, -0.2) is 9.97 Å². The SMILES string of the molecule is Cc1nc(C(=O)N2CCCC2)nc(NCCc2cn[nH]c2)c1Cl. The van der Waals surface area contributed by atoms with Crippen molar-refractivity contribution in [2.24, 2.45) is 0 Å². The maximum Gasteiger partial charge on any atom is 0.291 e. The van der Waals surface area contributed by atoms with Crippen LogP contribution in [-0.2, 0) is 6.42 Å². The lowest BCUT2D eigenvalue weighted by Crippen LogP contribution is -2.29. The number of nitrogens with one attached hydrogen (secondary N) is 2. The van der Waals surface area contributed by atoms with E-state index in [1.165, 1.54) is 0 Å². The number of amides is 1. The Bertz CT molecular complexity index is 682. The summed E-state index contributed by atoms with van der Waals surface area (Å²) in [4.78, 5) is 22.8. The van der Waals surface area contributed by atoms with E-state index in [0.717, 1.165) is 37.9 Å². The van der Waals surface area contributed by atoms with Crippen molar-refractivity contribution in [3.8, 4) is 0 Å². The number of anilines is 1. The molecule has 0 atom stereocenters. The van der Waals surface area contributed by atoms with Crippen molar-refractivity contribution >= 4 is 23.3 Å². The minimum absolute atomic E-state index is 0.125. The number of carbonyl (C=O) groups is 1. The Hall–Kier alpha value is -2.15. The third kappa shape index (κ3) is 3.61. The van der Waals surface area contributed by atoms with Crippen molar-refractivity contribution in [2.75, 3.05) is 25.0 Å². The highest BCUT2D eigenvalue weighted by atomic mass is 35.5. The molecule has 0 radical (unpaired) electrons. The molecule has 1 aliphatic rings. The molecule has 0 spiro atoms. The molecule has 0 aromatic carbocycles. The fourth-order valence-corrected chi connectivity index (χ4v) is 2.72. The van der Waals surface area contributed by atoms with Crippen molar-refractivity contribution in [2.45, 2.75) is 26.2 Å². The zero-order valence-corrected chi connectivity index (χ0v) is 13.7. The van der Waals surface area contributed by atoms with Gasteiger partial charge in [-0.05, 0) is 31.7 Å². The van der Waals surface area contributed by atoms with Crippen LogP contribution in [0.3, 0.4) is 0 Å². The van der Waals surface area contributed by atoms with Crippen molar-refractivity contribution in [3.05, 3.63) is 34.5 Å². The van der Waals surface area contributed by atoms with Gasteiger partial charge in [0, 0.05) is 25.8 Å². The minimum atomic E-state index is -0.125. The molecule has 1 fully saturated rings. The number of nitrogens with zero attached hydrogens (tertiary/aromatic N) is 4. The fourth-order valence-electron chi connectivity index (χ4n) is 2.57. The van der Waals surface area contributed by atoms with E-state index in [1.54, 1.807) is 18.0 Å². The second-order valence-corrected chi connectivity index (χ2v) is 5.96. The first-order chi connectivity index (χ1) is 11.1. The van der Waals surface area contributed by atoms with Gasteiger partial charge in [-0.15, -0.1) is 0 Å². The van der Waals surface area contributed by atoms with Crippen LogP contribution in [0.1, 0.15) is 34.7 Å². The molecule has 1 amide bonds. The molecule has 8 heteroatoms. The number of aryl methyl sites for hydroxylation is 1. The van der Waals surface area contributed by atoms with Crippen molar-refractivity contribution in [1.82, 2.24) is 25.1 Å². The molecule has 1 saturated heterocycles. The number of rotatable bonds is 5. The normalized spacial score (nSPS) is 14.3. The summed E-state index contributed by atoms with van der Waals surface area (Å²) in [6, 6.07) is 0. The molecule has 0 bridgehead atoms. The fraction of sp³-hybridized carbons (Fsp3) is 0.467. The molecule has 2 aromatic rings. The van der Waals surface area contributed by atoms with Crippen LogP contribution in [0.15, 0.2) is 12.4 Å². The summed E-state index contributed by atoms with van der Waals surface area (Å²) >= 11 is 6.26. The summed E-state index contributed by atoms with van der Waals surface area (Å²) in [7, 11) is 0. The van der Waals surface area contributed by atoms with Crippen LogP contribution < -0.4 is 5.32 Å². The molecule has 7 nitrogen and oxygen atoms in total. The molecular formula is C15H19ClN6O. The Balaban J connectivity index is 1.72. The number of aromatic amines is 1. The summed E-state index contributed by atoms with van der Waals surface area (Å²) in [6.07, 6.45) is 6.47. The van der Waals surface area contributed by atoms with E-state index in [0.29, 0.717) is 23.1 Å². The minimum Gasteiger partial charge on any atom is -0.368 e. The van der Waals surface area contributed by atoms with Gasteiger partial charge >= 0.3 is 0 Å². The average Bonchev–Trinajstić information content (AvgIpc) is 3.23. The summed E-state index contributed by atoms with van der Waals surface area (Å²) in [5, 5.41) is 10.3. The van der Waals surface area contributed by atoms with Crippen LogP contribution in [0.25, 0.3) is 0 Å². The summed E-state index contributed by atoms with van der Waals surface area (Å²) in [6.45, 7) is 3.97. The van der Waals surface area contributed by atoms with Crippen LogP contribution in [0.2, 0.25) is 5.02 Å². The highest BCUT2D eigenvalue weighted by molar-refractivity contribution is 6.33. The zero-order valence-electron chi connectivity index (χ0n) is 13.0. The Morgan fingerprint density at radius 3 is 2.87 bits per heavy atom. The number of H-pyrrole nitrogens is 1. The summed E-state index contributed by atoms with van der Waals surface area (Å²) in [5.74, 6) is 0.588. The Kier molecular flexibility index (Phi) is 4.76. The molecular weight excluding hydrogens is 316 g/mol. The van der Waals surface area contributed by atoms with Gasteiger partial charge < -0.3 is 10.2 Å². The molecule has 2 N–H and O–H groups in total. The van der Waals surface area contributed by atoms with Crippen LogP contribution in [0.4, 0.5) is 5.82 Å². The summed E-state index contributed by atoms with van der Waals surface area (Å²) in [5.41, 5.74) is 1.70. The Morgan fingerprint density at radius 1 is 1.39 bits per heavy atom. The first-order valence-corrected chi connectivity index (χ1v) is 8.08. The first kappa shape index (κ1) is 15.7. The first-order valence-electron chi connectivity index (χ1n) is 7.70. The monoisotopic (exact) mass is 334 g/mol. The summed E-state index contributed by atoms with van der Waals surface area (Å²) < 4.78 is 0. The van der Waals surface area contributed by atoms with Crippen LogP contribution in [0.5, 0.6) is 0 Å². The van der Waals surface area contributed by atoms with Gasteiger partial charge in [0.1, 0.15) is 10.8 Å². The highest BCUT2D eigenvalue weighted by Gasteiger charge is 2.23. The van der Waals surface area contributed by atoms with Gasteiger partial charge in [0.15, 0.2) is 0 Å². The Morgan fingerprint density at radius 2 is 2.17 bits per heavy atom. The number of halogens is 1. The predicted molar refractivity (Wildman–Crippen MR) is 87.7 cm³/mol. The average molecular weight is 335 g/mol. The third-order valence-electron chi connectivity index (χ3n) is 3.86. The smallest absolute Gasteiger partial charge is 0.291 e. The van der Waals surface area contributed by atoms with E-state index in [-0.39, 0.29) is 11.7 Å². The van der Waals surface area contributed by atoms with E-state index in [2.05, 4.69) is 25.5 Å². The molecule has 2 aromatic heterocycles. The molecule has 3 rings (SSSR count). The van der Waals surface area contributed by atoms with Gasteiger partial charge in [-0.2, -0.15) is 5.10 Å². The lowest BCUT2D eigenvalue weighted by molar-refractivity contribution is 0.0780. The number of hydrogen-bond acceptors (Lipinski definition) is 5. The molecule has 122 valence electrons. The standard InChI is InChI=1S/C15H19ClN6O/c1-10-12(16)13(17-5-4-11-8-18-19-9-11)21-14(20-10)15(23)22-6-2-3-7-22/h8-9H,2-7H2,1H3,(H,18,19)(H,17,20,21). The quantitative estimate of drug-likeness (QED) is 0.874. The number of likely N-dealkylation sites (tertiary alicyclic amines) is 1. The van der Waals surface area contributed by atoms with Gasteiger partial charge in [-0.3, -0.25) is 9.89 Å². The van der Waals surface area contributed by atoms with E-state index in [1.807, 2.05) is 6.20 Å². The van der Waals surface area contributed by atoms with Gasteiger partial charge in [0.2, 0.25) is 5.82 Å².